The minimum Gasteiger partial charge on any atom is -0.346 e. The average Bonchev–Trinajstić information content (AvgIpc) is 3.18. The molecule has 3 nitrogen and oxygen atoms in total. The highest BCUT2D eigenvalue weighted by atomic mass is 32.2. The van der Waals surface area contributed by atoms with E-state index in [1.165, 1.54) is 22.0 Å². The van der Waals surface area contributed by atoms with Crippen molar-refractivity contribution in [3.8, 4) is 0 Å². The molecule has 2 aromatic rings. The Morgan fingerprint density at radius 2 is 2.13 bits per heavy atom. The van der Waals surface area contributed by atoms with Gasteiger partial charge in [-0.3, -0.25) is 0 Å². The summed E-state index contributed by atoms with van der Waals surface area (Å²) >= 11 is 3.50. The van der Waals surface area contributed by atoms with Crippen LogP contribution in [0.25, 0.3) is 0 Å². The minimum atomic E-state index is -0.910. The third kappa shape index (κ3) is 2.42. The Labute approximate surface area is 145 Å². The molecule has 120 valence electrons. The van der Waals surface area contributed by atoms with E-state index in [1.54, 1.807) is 11.3 Å². The first-order valence-electron chi connectivity index (χ1n) is 7.98. The maximum absolute atomic E-state index is 11.5. The van der Waals surface area contributed by atoms with Crippen molar-refractivity contribution >= 4 is 34.0 Å². The number of nitrogens with zero attached hydrogens (tertiary/aromatic N) is 2. The fourth-order valence-electron chi connectivity index (χ4n) is 3.42. The highest BCUT2D eigenvalue weighted by Crippen LogP contribution is 2.40. The van der Waals surface area contributed by atoms with E-state index in [2.05, 4.69) is 41.5 Å². The van der Waals surface area contributed by atoms with Gasteiger partial charge in [0.05, 0.1) is 11.4 Å². The molecule has 0 aliphatic carbocycles. The van der Waals surface area contributed by atoms with Crippen molar-refractivity contribution in [2.75, 3.05) is 23.7 Å². The number of thiophene rings is 1. The van der Waals surface area contributed by atoms with Crippen LogP contribution in [0.1, 0.15) is 22.4 Å². The summed E-state index contributed by atoms with van der Waals surface area (Å²) in [5, 5.41) is 14.7. The molecule has 0 bridgehead atoms. The Morgan fingerprint density at radius 1 is 1.26 bits per heavy atom. The van der Waals surface area contributed by atoms with Crippen molar-refractivity contribution in [3.05, 3.63) is 51.7 Å². The molecule has 0 amide bonds. The summed E-state index contributed by atoms with van der Waals surface area (Å²) in [5.41, 5.74) is 2.81. The third-order valence-electron chi connectivity index (χ3n) is 4.62. The second-order valence-electron chi connectivity index (χ2n) is 6.31. The second kappa shape index (κ2) is 5.65. The predicted molar refractivity (Wildman–Crippen MR) is 98.7 cm³/mol. The number of rotatable bonds is 2. The van der Waals surface area contributed by atoms with Crippen LogP contribution in [0.4, 0.5) is 5.69 Å². The van der Waals surface area contributed by atoms with Gasteiger partial charge >= 0.3 is 5.17 Å². The van der Waals surface area contributed by atoms with Crippen LogP contribution in [0, 0.1) is 13.8 Å². The Balaban J connectivity index is 1.84. The second-order valence-corrected chi connectivity index (χ2v) is 8.32. The third-order valence-corrected chi connectivity index (χ3v) is 6.82. The molecule has 3 heterocycles. The number of amidine groups is 1. The fourth-order valence-corrected chi connectivity index (χ4v) is 5.41. The summed E-state index contributed by atoms with van der Waals surface area (Å²) in [6.07, 6.45) is 1.11. The largest absolute Gasteiger partial charge is 0.346 e. The Morgan fingerprint density at radius 3 is 2.91 bits per heavy atom. The summed E-state index contributed by atoms with van der Waals surface area (Å²) in [6.45, 7) is 5.79. The number of β-amino-alcohol motifs (C(OH)–C–C–N with tert-alkyl or cyclic N) is 1. The molecule has 4 rings (SSSR count). The summed E-state index contributed by atoms with van der Waals surface area (Å²) in [7, 11) is 0. The highest BCUT2D eigenvalue weighted by molar-refractivity contribution is 8.13. The van der Waals surface area contributed by atoms with Crippen molar-refractivity contribution in [1.82, 2.24) is 0 Å². The number of anilines is 1. The number of aryl methyl sites for hydroxylation is 2. The van der Waals surface area contributed by atoms with Crippen LogP contribution < -0.4 is 4.90 Å². The molecule has 0 spiro atoms. The average molecular weight is 346 g/mol. The molecule has 1 atom stereocenters. The van der Waals surface area contributed by atoms with E-state index in [4.69, 9.17) is 0 Å². The minimum absolute atomic E-state index is 0.597. The van der Waals surface area contributed by atoms with E-state index in [-0.39, 0.29) is 0 Å². The smallest absolute Gasteiger partial charge is 0.316 e. The molecular formula is C18H21N2OS2+. The molecule has 5 heteroatoms. The van der Waals surface area contributed by atoms with Gasteiger partial charge in [0.2, 0.25) is 0 Å². The van der Waals surface area contributed by atoms with Crippen molar-refractivity contribution in [1.29, 1.82) is 0 Å². The molecule has 2 aliphatic heterocycles. The maximum Gasteiger partial charge on any atom is 0.316 e. The lowest BCUT2D eigenvalue weighted by atomic mass is 10.1. The molecule has 1 N–H and O–H groups in total. The van der Waals surface area contributed by atoms with Gasteiger partial charge < -0.3 is 5.11 Å². The quantitative estimate of drug-likeness (QED) is 0.844. The van der Waals surface area contributed by atoms with Crippen LogP contribution >= 0.6 is 23.1 Å². The topological polar surface area (TPSA) is 26.5 Å². The van der Waals surface area contributed by atoms with Crippen LogP contribution in [0.15, 0.2) is 35.7 Å². The molecular weight excluding hydrogens is 324 g/mol. The first-order chi connectivity index (χ1) is 11.1. The SMILES string of the molecule is Cc1ccc(C)c(N2CC(O)(c3cccs3)[N+]3=C2SCCC3)c1. The van der Waals surface area contributed by atoms with Gasteiger partial charge in [0, 0.05) is 5.75 Å². The molecule has 0 saturated heterocycles. The Hall–Kier alpha value is -1.30. The van der Waals surface area contributed by atoms with E-state index < -0.39 is 5.72 Å². The summed E-state index contributed by atoms with van der Waals surface area (Å²) in [5.74, 6) is 1.12. The first kappa shape index (κ1) is 15.2. The van der Waals surface area contributed by atoms with E-state index in [0.29, 0.717) is 6.54 Å². The lowest BCUT2D eigenvalue weighted by molar-refractivity contribution is -0.655. The van der Waals surface area contributed by atoms with E-state index >= 15 is 0 Å². The lowest BCUT2D eigenvalue weighted by Crippen LogP contribution is -2.40. The molecule has 1 unspecified atom stereocenters. The van der Waals surface area contributed by atoms with Gasteiger partial charge in [0.1, 0.15) is 5.69 Å². The van der Waals surface area contributed by atoms with E-state index in [0.717, 1.165) is 23.6 Å². The van der Waals surface area contributed by atoms with Crippen LogP contribution in [-0.4, -0.2) is 33.7 Å². The molecule has 0 fully saturated rings. The Bertz CT molecular complexity index is 769. The lowest BCUT2D eigenvalue weighted by Gasteiger charge is -2.22. The molecule has 2 aliphatic rings. The van der Waals surface area contributed by atoms with Crippen LogP contribution in [0.2, 0.25) is 0 Å². The van der Waals surface area contributed by atoms with E-state index in [9.17, 15) is 5.11 Å². The summed E-state index contributed by atoms with van der Waals surface area (Å²) in [6, 6.07) is 10.6. The van der Waals surface area contributed by atoms with Gasteiger partial charge in [-0.1, -0.05) is 18.2 Å². The van der Waals surface area contributed by atoms with Crippen LogP contribution in [-0.2, 0) is 5.72 Å². The van der Waals surface area contributed by atoms with Gasteiger partial charge in [-0.15, -0.1) is 11.3 Å². The number of benzene rings is 1. The molecule has 1 aromatic carbocycles. The van der Waals surface area contributed by atoms with Gasteiger partial charge in [-0.2, -0.15) is 0 Å². The Kier molecular flexibility index (Phi) is 3.75. The van der Waals surface area contributed by atoms with Crippen molar-refractivity contribution in [2.24, 2.45) is 0 Å². The zero-order chi connectivity index (χ0) is 16.0. The first-order valence-corrected chi connectivity index (χ1v) is 9.85. The zero-order valence-corrected chi connectivity index (χ0v) is 15.1. The number of hydrogen-bond donors (Lipinski definition) is 1. The molecule has 1 aromatic heterocycles. The van der Waals surface area contributed by atoms with Gasteiger partial charge in [0.25, 0.3) is 5.72 Å². The van der Waals surface area contributed by atoms with Gasteiger partial charge in [-0.25, -0.2) is 9.48 Å². The molecule has 23 heavy (non-hydrogen) atoms. The van der Waals surface area contributed by atoms with Crippen molar-refractivity contribution < 1.29 is 9.68 Å². The predicted octanol–water partition coefficient (Wildman–Crippen LogP) is 3.54. The summed E-state index contributed by atoms with van der Waals surface area (Å²) < 4.78 is 2.20. The van der Waals surface area contributed by atoms with Gasteiger partial charge in [-0.05, 0) is 60.7 Å². The number of hydrogen-bond acceptors (Lipinski definition) is 4. The van der Waals surface area contributed by atoms with Crippen molar-refractivity contribution in [2.45, 2.75) is 26.0 Å². The van der Waals surface area contributed by atoms with Crippen LogP contribution in [0.5, 0.6) is 0 Å². The van der Waals surface area contributed by atoms with Crippen LogP contribution in [0.3, 0.4) is 0 Å². The normalized spacial score (nSPS) is 24.2. The zero-order valence-electron chi connectivity index (χ0n) is 13.5. The van der Waals surface area contributed by atoms with Crippen molar-refractivity contribution in [3.63, 3.8) is 0 Å². The fraction of sp³-hybridized carbons (Fsp3) is 0.389. The number of thioether (sulfide) groups is 1. The summed E-state index contributed by atoms with van der Waals surface area (Å²) in [4.78, 5) is 3.34. The number of aliphatic hydroxyl groups is 1. The highest BCUT2D eigenvalue weighted by Gasteiger charge is 2.54. The molecule has 0 radical (unpaired) electrons. The van der Waals surface area contributed by atoms with Gasteiger partial charge in [0.15, 0.2) is 6.54 Å². The monoisotopic (exact) mass is 345 g/mol. The van der Waals surface area contributed by atoms with E-state index in [1.807, 2.05) is 29.3 Å². The maximum atomic E-state index is 11.5. The molecule has 0 saturated carbocycles. The standard InChI is InChI=1S/C18H21N2OS2/c1-13-6-7-14(2)15(11-13)19-12-18(21,16-5-3-9-22-16)20-8-4-10-23-17(19)20/h3,5-7,9,11,21H,4,8,10,12H2,1-2H3/q+1.